The molecule has 0 unspecified atom stereocenters. The monoisotopic (exact) mass is 454 g/mol. The molecule has 0 atom stereocenters. The fraction of sp³-hybridized carbons (Fsp3) is 0.0714. The summed E-state index contributed by atoms with van der Waals surface area (Å²) in [6.07, 6.45) is 16.3. The molecule has 4 rings (SSSR count). The lowest BCUT2D eigenvalue weighted by atomic mass is 10.1. The van der Waals surface area contributed by atoms with E-state index >= 15 is 0 Å². The number of rotatable bonds is 9. The Hall–Kier alpha value is -3.08. The third kappa shape index (κ3) is 7.26. The largest absolute Gasteiger partial charge is 0.218 e. The van der Waals surface area contributed by atoms with Gasteiger partial charge in [-0.2, -0.15) is 0 Å². The van der Waals surface area contributed by atoms with Crippen LogP contribution in [0.15, 0.2) is 97.6 Å². The van der Waals surface area contributed by atoms with Crippen LogP contribution in [-0.2, 0) is 11.5 Å². The van der Waals surface area contributed by atoms with Crippen molar-refractivity contribution in [3.8, 4) is 0 Å². The van der Waals surface area contributed by atoms with Crippen LogP contribution in [0.25, 0.3) is 24.3 Å². The van der Waals surface area contributed by atoms with E-state index in [1.54, 1.807) is 0 Å². The van der Waals surface area contributed by atoms with Crippen molar-refractivity contribution in [3.05, 3.63) is 131 Å². The number of aromatic nitrogens is 2. The maximum absolute atomic E-state index is 3.04. The number of hydrogen-bond donors (Lipinski definition) is 0. The maximum Gasteiger partial charge on any atom is 0.167 e. The highest BCUT2D eigenvalue weighted by Gasteiger charge is 1.98. The minimum Gasteiger partial charge on any atom is -0.218 e. The first kappa shape index (κ1) is 22.1. The standard InChI is InChI=1S/C28H24N2S2/c1(3-25-13-17-29-18-14-25)23-5-9-27(10-6-23)21-31-32-22-28-11-7-24(8-12-28)2-4-26-15-19-30-20-16-26/h1-20H,21-22H2/p+2/b3-1+,4-2+. The van der Waals surface area contributed by atoms with Gasteiger partial charge < -0.3 is 0 Å². The van der Waals surface area contributed by atoms with Crippen LogP contribution in [0.3, 0.4) is 0 Å². The summed E-state index contributed by atoms with van der Waals surface area (Å²) < 4.78 is 0. The van der Waals surface area contributed by atoms with Gasteiger partial charge in [-0.3, -0.25) is 0 Å². The Morgan fingerprint density at radius 2 is 0.750 bits per heavy atom. The summed E-state index contributed by atoms with van der Waals surface area (Å²) in [6, 6.07) is 25.9. The van der Waals surface area contributed by atoms with Crippen molar-refractivity contribution < 1.29 is 9.97 Å². The molecule has 0 fully saturated rings. The molecule has 0 radical (unpaired) electrons. The zero-order valence-electron chi connectivity index (χ0n) is 17.8. The van der Waals surface area contributed by atoms with Crippen LogP contribution in [0, 0.1) is 0 Å². The van der Waals surface area contributed by atoms with E-state index in [0.717, 1.165) is 11.5 Å². The smallest absolute Gasteiger partial charge is 0.167 e. The van der Waals surface area contributed by atoms with Gasteiger partial charge in [0.25, 0.3) is 0 Å². The molecule has 32 heavy (non-hydrogen) atoms. The highest BCUT2D eigenvalue weighted by atomic mass is 33.1. The molecular formula is C28H26N2S2+2. The second-order valence-electron chi connectivity index (χ2n) is 7.34. The first-order valence-electron chi connectivity index (χ1n) is 10.6. The number of pyridine rings is 2. The number of H-pyrrole nitrogens is 2. The molecule has 0 saturated heterocycles. The van der Waals surface area contributed by atoms with Crippen LogP contribution < -0.4 is 9.97 Å². The fourth-order valence-corrected chi connectivity index (χ4v) is 5.22. The highest BCUT2D eigenvalue weighted by Crippen LogP contribution is 2.29. The molecule has 4 aromatic rings. The van der Waals surface area contributed by atoms with Gasteiger partial charge in [-0.15, -0.1) is 0 Å². The van der Waals surface area contributed by atoms with E-state index in [4.69, 9.17) is 0 Å². The fourth-order valence-electron chi connectivity index (χ4n) is 3.08. The molecule has 2 aromatic heterocycles. The topological polar surface area (TPSA) is 28.3 Å². The Bertz CT molecular complexity index is 1040. The molecule has 0 saturated carbocycles. The average molecular weight is 455 g/mol. The van der Waals surface area contributed by atoms with E-state index in [-0.39, 0.29) is 0 Å². The molecule has 2 N–H and O–H groups in total. The minimum atomic E-state index is 1.01. The van der Waals surface area contributed by atoms with Crippen molar-refractivity contribution >= 4 is 45.9 Å². The van der Waals surface area contributed by atoms with Gasteiger partial charge in [-0.25, -0.2) is 9.97 Å². The van der Waals surface area contributed by atoms with E-state index in [1.165, 1.54) is 33.4 Å². The third-order valence-electron chi connectivity index (χ3n) is 4.92. The van der Waals surface area contributed by atoms with Gasteiger partial charge in [-0.1, -0.05) is 94.4 Å². The molecule has 0 spiro atoms. The zero-order chi connectivity index (χ0) is 21.8. The third-order valence-corrected chi connectivity index (χ3v) is 7.19. The minimum absolute atomic E-state index is 1.01. The normalized spacial score (nSPS) is 11.4. The summed E-state index contributed by atoms with van der Waals surface area (Å²) in [7, 11) is 3.81. The van der Waals surface area contributed by atoms with E-state index in [0.29, 0.717) is 0 Å². The van der Waals surface area contributed by atoms with Crippen molar-refractivity contribution in [2.45, 2.75) is 11.5 Å². The summed E-state index contributed by atoms with van der Waals surface area (Å²) in [5.41, 5.74) is 7.54. The summed E-state index contributed by atoms with van der Waals surface area (Å²) in [5, 5.41) is 0. The molecule has 2 heterocycles. The Kier molecular flexibility index (Phi) is 8.36. The Morgan fingerprint density at radius 3 is 1.09 bits per heavy atom. The summed E-state index contributed by atoms with van der Waals surface area (Å²) in [6.45, 7) is 0. The molecule has 0 amide bonds. The molecule has 158 valence electrons. The lowest BCUT2D eigenvalue weighted by Crippen LogP contribution is -1.96. The van der Waals surface area contributed by atoms with Crippen molar-refractivity contribution in [3.63, 3.8) is 0 Å². The molecule has 0 aliphatic carbocycles. The van der Waals surface area contributed by atoms with E-state index < -0.39 is 0 Å². The van der Waals surface area contributed by atoms with Gasteiger partial charge in [-0.05, 0) is 33.4 Å². The van der Waals surface area contributed by atoms with Crippen LogP contribution in [0.1, 0.15) is 33.4 Å². The number of aromatic amines is 2. The maximum atomic E-state index is 3.04. The van der Waals surface area contributed by atoms with Gasteiger partial charge in [0.15, 0.2) is 24.8 Å². The lowest BCUT2D eigenvalue weighted by Gasteiger charge is -2.04. The predicted octanol–water partition coefficient (Wildman–Crippen LogP) is 6.74. The molecule has 0 bridgehead atoms. The number of nitrogens with one attached hydrogen (secondary N) is 2. The molecule has 2 nitrogen and oxygen atoms in total. The van der Waals surface area contributed by atoms with E-state index in [2.05, 4.69) is 107 Å². The summed E-state index contributed by atoms with van der Waals surface area (Å²) in [5.74, 6) is 2.02. The first-order chi connectivity index (χ1) is 15.8. The SMILES string of the molecule is C(=C\c1ccc(CSSCc2ccc(/C=C/c3cc[nH+]cc3)cc2)cc1)/c1cc[nH+]cc1. The molecule has 2 aromatic carbocycles. The average Bonchev–Trinajstić information content (AvgIpc) is 2.87. The van der Waals surface area contributed by atoms with Crippen molar-refractivity contribution in [2.24, 2.45) is 0 Å². The molecular weight excluding hydrogens is 428 g/mol. The second-order valence-corrected chi connectivity index (χ2v) is 9.80. The Balaban J connectivity index is 1.19. The zero-order valence-corrected chi connectivity index (χ0v) is 19.4. The van der Waals surface area contributed by atoms with Crippen molar-refractivity contribution in [2.75, 3.05) is 0 Å². The van der Waals surface area contributed by atoms with E-state index in [9.17, 15) is 0 Å². The van der Waals surface area contributed by atoms with Crippen LogP contribution in [0.2, 0.25) is 0 Å². The van der Waals surface area contributed by atoms with Crippen molar-refractivity contribution in [1.29, 1.82) is 0 Å². The second kappa shape index (κ2) is 12.1. The van der Waals surface area contributed by atoms with Crippen LogP contribution in [0.4, 0.5) is 0 Å². The highest BCUT2D eigenvalue weighted by molar-refractivity contribution is 8.76. The first-order valence-corrected chi connectivity index (χ1v) is 13.0. The summed E-state index contributed by atoms with van der Waals surface area (Å²) in [4.78, 5) is 6.09. The van der Waals surface area contributed by atoms with Crippen LogP contribution in [0.5, 0.6) is 0 Å². The van der Waals surface area contributed by atoms with E-state index in [1.807, 2.05) is 46.4 Å². The van der Waals surface area contributed by atoms with Crippen molar-refractivity contribution in [1.82, 2.24) is 0 Å². The quantitative estimate of drug-likeness (QED) is 0.207. The van der Waals surface area contributed by atoms with Gasteiger partial charge in [0, 0.05) is 35.8 Å². The van der Waals surface area contributed by atoms with Gasteiger partial charge in [0.1, 0.15) is 0 Å². The number of benzene rings is 2. The number of hydrogen-bond acceptors (Lipinski definition) is 2. The van der Waals surface area contributed by atoms with Gasteiger partial charge >= 0.3 is 0 Å². The van der Waals surface area contributed by atoms with Crippen LogP contribution >= 0.6 is 21.6 Å². The van der Waals surface area contributed by atoms with Crippen LogP contribution in [-0.4, -0.2) is 0 Å². The molecule has 4 heteroatoms. The Morgan fingerprint density at radius 1 is 0.438 bits per heavy atom. The Labute approximate surface area is 197 Å². The summed E-state index contributed by atoms with van der Waals surface area (Å²) >= 11 is 0. The molecule has 0 aliphatic heterocycles. The van der Waals surface area contributed by atoms with Gasteiger partial charge in [0.2, 0.25) is 0 Å². The molecule has 0 aliphatic rings. The predicted molar refractivity (Wildman–Crippen MR) is 139 cm³/mol. The van der Waals surface area contributed by atoms with Gasteiger partial charge in [0.05, 0.1) is 0 Å². The lowest BCUT2D eigenvalue weighted by molar-refractivity contribution is -0.378.